The Morgan fingerprint density at radius 1 is 1.14 bits per heavy atom. The SMILES string of the molecule is Cc1cc(C)cc(NC(C)C(=O)N2CCc3ccccc32)c1. The van der Waals surface area contributed by atoms with Crippen LogP contribution in [0.25, 0.3) is 0 Å². The van der Waals surface area contributed by atoms with E-state index in [1.807, 2.05) is 30.0 Å². The van der Waals surface area contributed by atoms with Crippen LogP contribution in [0.15, 0.2) is 42.5 Å². The van der Waals surface area contributed by atoms with Gasteiger partial charge in [-0.3, -0.25) is 4.79 Å². The number of carbonyl (C=O) groups excluding carboxylic acids is 1. The van der Waals surface area contributed by atoms with E-state index in [2.05, 4.69) is 43.4 Å². The normalized spacial score (nSPS) is 14.6. The Morgan fingerprint density at radius 3 is 2.55 bits per heavy atom. The number of fused-ring (bicyclic) bond motifs is 1. The van der Waals surface area contributed by atoms with Crippen LogP contribution < -0.4 is 10.2 Å². The molecule has 1 aliphatic heterocycles. The zero-order valence-electron chi connectivity index (χ0n) is 13.4. The summed E-state index contributed by atoms with van der Waals surface area (Å²) >= 11 is 0. The molecule has 114 valence electrons. The quantitative estimate of drug-likeness (QED) is 0.936. The van der Waals surface area contributed by atoms with E-state index in [1.165, 1.54) is 16.7 Å². The van der Waals surface area contributed by atoms with Gasteiger partial charge in [0.15, 0.2) is 0 Å². The number of aryl methyl sites for hydroxylation is 2. The number of anilines is 2. The van der Waals surface area contributed by atoms with Gasteiger partial charge in [0.2, 0.25) is 5.91 Å². The highest BCUT2D eigenvalue weighted by Crippen LogP contribution is 2.28. The summed E-state index contributed by atoms with van der Waals surface area (Å²) in [5, 5.41) is 3.34. The fraction of sp³-hybridized carbons (Fsp3) is 0.316. The van der Waals surface area contributed by atoms with Gasteiger partial charge in [-0.05, 0) is 62.1 Å². The van der Waals surface area contributed by atoms with E-state index in [0.29, 0.717) is 0 Å². The highest BCUT2D eigenvalue weighted by molar-refractivity contribution is 6.00. The molecule has 3 nitrogen and oxygen atoms in total. The number of para-hydroxylation sites is 1. The minimum atomic E-state index is -0.243. The molecule has 0 radical (unpaired) electrons. The predicted octanol–water partition coefficient (Wildman–Crippen LogP) is 3.69. The molecule has 0 fully saturated rings. The van der Waals surface area contributed by atoms with E-state index in [4.69, 9.17) is 0 Å². The molecule has 2 aromatic rings. The molecule has 2 aromatic carbocycles. The molecule has 1 aliphatic rings. The fourth-order valence-electron chi connectivity index (χ4n) is 3.17. The number of nitrogens with zero attached hydrogens (tertiary/aromatic N) is 1. The van der Waals surface area contributed by atoms with E-state index in [1.54, 1.807) is 0 Å². The molecule has 0 aliphatic carbocycles. The first-order valence-corrected chi connectivity index (χ1v) is 7.79. The van der Waals surface area contributed by atoms with Crippen molar-refractivity contribution < 1.29 is 4.79 Å². The molecular formula is C19H22N2O. The van der Waals surface area contributed by atoms with Gasteiger partial charge in [0.25, 0.3) is 0 Å². The van der Waals surface area contributed by atoms with Crippen molar-refractivity contribution in [1.82, 2.24) is 0 Å². The maximum absolute atomic E-state index is 12.7. The minimum Gasteiger partial charge on any atom is -0.374 e. The molecule has 1 unspecified atom stereocenters. The lowest BCUT2D eigenvalue weighted by molar-refractivity contribution is -0.118. The van der Waals surface area contributed by atoms with Crippen LogP contribution in [0.5, 0.6) is 0 Å². The Morgan fingerprint density at radius 2 is 1.82 bits per heavy atom. The lowest BCUT2D eigenvalue weighted by atomic mass is 10.1. The van der Waals surface area contributed by atoms with Crippen molar-refractivity contribution in [2.75, 3.05) is 16.8 Å². The third-order valence-electron chi connectivity index (χ3n) is 4.13. The van der Waals surface area contributed by atoms with Gasteiger partial charge < -0.3 is 10.2 Å². The zero-order chi connectivity index (χ0) is 15.7. The van der Waals surface area contributed by atoms with E-state index < -0.39 is 0 Å². The van der Waals surface area contributed by atoms with Gasteiger partial charge in [0.05, 0.1) is 0 Å². The summed E-state index contributed by atoms with van der Waals surface area (Å²) in [5.74, 6) is 0.129. The zero-order valence-corrected chi connectivity index (χ0v) is 13.4. The Hall–Kier alpha value is -2.29. The highest BCUT2D eigenvalue weighted by atomic mass is 16.2. The summed E-state index contributed by atoms with van der Waals surface area (Å²) in [6.45, 7) is 6.85. The van der Waals surface area contributed by atoms with Crippen LogP contribution >= 0.6 is 0 Å². The standard InChI is InChI=1S/C19H22N2O/c1-13-10-14(2)12-17(11-13)20-15(3)19(22)21-9-8-16-6-4-5-7-18(16)21/h4-7,10-12,15,20H,8-9H2,1-3H3. The smallest absolute Gasteiger partial charge is 0.249 e. The van der Waals surface area contributed by atoms with E-state index >= 15 is 0 Å². The van der Waals surface area contributed by atoms with Crippen LogP contribution in [0, 0.1) is 13.8 Å². The Balaban J connectivity index is 1.75. The van der Waals surface area contributed by atoms with E-state index in [-0.39, 0.29) is 11.9 Å². The Kier molecular flexibility index (Phi) is 3.88. The van der Waals surface area contributed by atoms with Crippen molar-refractivity contribution in [2.24, 2.45) is 0 Å². The second-order valence-electron chi connectivity index (χ2n) is 6.11. The molecule has 0 saturated heterocycles. The van der Waals surface area contributed by atoms with Crippen LogP contribution in [0.3, 0.4) is 0 Å². The molecule has 0 bridgehead atoms. The van der Waals surface area contributed by atoms with Gasteiger partial charge in [-0.25, -0.2) is 0 Å². The van der Waals surface area contributed by atoms with Gasteiger partial charge in [-0.15, -0.1) is 0 Å². The number of hydrogen-bond acceptors (Lipinski definition) is 2. The fourth-order valence-corrected chi connectivity index (χ4v) is 3.17. The second-order valence-corrected chi connectivity index (χ2v) is 6.11. The first-order chi connectivity index (χ1) is 10.5. The molecule has 1 atom stereocenters. The van der Waals surface area contributed by atoms with Crippen molar-refractivity contribution in [3.8, 4) is 0 Å². The van der Waals surface area contributed by atoms with Gasteiger partial charge in [0.1, 0.15) is 6.04 Å². The van der Waals surface area contributed by atoms with Crippen molar-refractivity contribution in [3.05, 3.63) is 59.2 Å². The average molecular weight is 294 g/mol. The van der Waals surface area contributed by atoms with Gasteiger partial charge in [-0.2, -0.15) is 0 Å². The summed E-state index contributed by atoms with van der Waals surface area (Å²) in [7, 11) is 0. The summed E-state index contributed by atoms with van der Waals surface area (Å²) in [4.78, 5) is 14.6. The molecule has 0 saturated carbocycles. The van der Waals surface area contributed by atoms with Crippen molar-refractivity contribution in [3.63, 3.8) is 0 Å². The topological polar surface area (TPSA) is 32.3 Å². The summed E-state index contributed by atoms with van der Waals surface area (Å²) in [5.41, 5.74) is 5.73. The molecule has 1 N–H and O–H groups in total. The van der Waals surface area contributed by atoms with E-state index in [0.717, 1.165) is 24.3 Å². The van der Waals surface area contributed by atoms with Crippen LogP contribution in [-0.4, -0.2) is 18.5 Å². The van der Waals surface area contributed by atoms with Crippen molar-refractivity contribution in [2.45, 2.75) is 33.2 Å². The summed E-state index contributed by atoms with van der Waals surface area (Å²) < 4.78 is 0. The maximum Gasteiger partial charge on any atom is 0.249 e. The first-order valence-electron chi connectivity index (χ1n) is 7.79. The maximum atomic E-state index is 12.7. The molecule has 3 rings (SSSR count). The monoisotopic (exact) mass is 294 g/mol. The average Bonchev–Trinajstić information content (AvgIpc) is 2.89. The Labute approximate surface area is 132 Å². The second kappa shape index (κ2) is 5.84. The molecule has 1 heterocycles. The van der Waals surface area contributed by atoms with Crippen LogP contribution in [0.4, 0.5) is 11.4 Å². The largest absolute Gasteiger partial charge is 0.374 e. The lowest BCUT2D eigenvalue weighted by Crippen LogP contribution is -2.40. The molecule has 0 spiro atoms. The number of rotatable bonds is 3. The summed E-state index contributed by atoms with van der Waals surface area (Å²) in [6, 6.07) is 14.2. The lowest BCUT2D eigenvalue weighted by Gasteiger charge is -2.23. The van der Waals surface area contributed by atoms with Gasteiger partial charge in [0, 0.05) is 17.9 Å². The van der Waals surface area contributed by atoms with Gasteiger partial charge in [-0.1, -0.05) is 24.3 Å². The molecule has 3 heteroatoms. The number of benzene rings is 2. The Bertz CT molecular complexity index is 688. The van der Waals surface area contributed by atoms with Crippen LogP contribution in [-0.2, 0) is 11.2 Å². The summed E-state index contributed by atoms with van der Waals surface area (Å²) in [6.07, 6.45) is 0.943. The van der Waals surface area contributed by atoms with Gasteiger partial charge >= 0.3 is 0 Å². The van der Waals surface area contributed by atoms with Crippen molar-refractivity contribution in [1.29, 1.82) is 0 Å². The third-order valence-corrected chi connectivity index (χ3v) is 4.13. The molecule has 22 heavy (non-hydrogen) atoms. The number of hydrogen-bond donors (Lipinski definition) is 1. The number of carbonyl (C=O) groups is 1. The minimum absolute atomic E-state index is 0.129. The van der Waals surface area contributed by atoms with E-state index in [9.17, 15) is 4.79 Å². The highest BCUT2D eigenvalue weighted by Gasteiger charge is 2.27. The third kappa shape index (κ3) is 2.84. The van der Waals surface area contributed by atoms with Crippen LogP contribution in [0.1, 0.15) is 23.6 Å². The molecule has 1 amide bonds. The number of nitrogens with one attached hydrogen (secondary N) is 1. The molecular weight excluding hydrogens is 272 g/mol. The number of amides is 1. The molecule has 0 aromatic heterocycles. The van der Waals surface area contributed by atoms with Crippen LogP contribution in [0.2, 0.25) is 0 Å². The predicted molar refractivity (Wildman–Crippen MR) is 91.5 cm³/mol. The van der Waals surface area contributed by atoms with Crippen molar-refractivity contribution >= 4 is 17.3 Å². The first kappa shape index (κ1) is 14.6.